The van der Waals surface area contributed by atoms with Crippen LogP contribution >= 0.6 is 0 Å². The molecule has 0 aliphatic rings. The molecule has 0 fully saturated rings. The van der Waals surface area contributed by atoms with Crippen LogP contribution in [0.15, 0.2) is 42.5 Å². The molecule has 3 N–H and O–H groups in total. The topological polar surface area (TPSA) is 108 Å². The van der Waals surface area contributed by atoms with Gasteiger partial charge in [-0.3, -0.25) is 9.59 Å². The van der Waals surface area contributed by atoms with E-state index in [1.807, 2.05) is 0 Å². The smallest absolute Gasteiger partial charge is 0.405 e. The maximum atomic E-state index is 13.8. The molecule has 0 bridgehead atoms. The molecule has 0 aliphatic carbocycles. The Kier molecular flexibility index (Phi) is 6.87. The lowest BCUT2D eigenvalue weighted by atomic mass is 10.1. The van der Waals surface area contributed by atoms with Crippen molar-refractivity contribution >= 4 is 18.3 Å². The summed E-state index contributed by atoms with van der Waals surface area (Å²) in [4.78, 5) is 34.1. The second-order valence-corrected chi connectivity index (χ2v) is 5.74. The van der Waals surface area contributed by atoms with Gasteiger partial charge in [-0.25, -0.2) is 9.18 Å². The van der Waals surface area contributed by atoms with E-state index in [1.54, 1.807) is 37.3 Å². The first-order chi connectivity index (χ1) is 12.9. The molecule has 7 nitrogen and oxygen atoms in total. The van der Waals surface area contributed by atoms with Crippen molar-refractivity contribution in [1.29, 1.82) is 0 Å². The summed E-state index contributed by atoms with van der Waals surface area (Å²) in [6.07, 6.45) is -1.84. The van der Waals surface area contributed by atoms with E-state index in [0.717, 1.165) is 5.56 Å². The molecular formula is C19H19FN2O5. The molecule has 27 heavy (non-hydrogen) atoms. The Bertz CT molecular complexity index is 841. The lowest BCUT2D eigenvalue weighted by molar-refractivity contribution is -0.131. The van der Waals surface area contributed by atoms with E-state index < -0.39 is 23.9 Å². The van der Waals surface area contributed by atoms with Crippen LogP contribution in [0.25, 0.3) is 0 Å². The predicted octanol–water partition coefficient (Wildman–Crippen LogP) is 2.11. The van der Waals surface area contributed by atoms with Crippen LogP contribution < -0.4 is 15.8 Å². The number of carbonyl (C=O) groups excluding carboxylic acids is 3. The highest BCUT2D eigenvalue weighted by atomic mass is 19.1. The summed E-state index contributed by atoms with van der Waals surface area (Å²) >= 11 is 0. The van der Waals surface area contributed by atoms with E-state index in [9.17, 15) is 18.8 Å². The summed E-state index contributed by atoms with van der Waals surface area (Å²) < 4.78 is 24.0. The van der Waals surface area contributed by atoms with E-state index in [4.69, 9.17) is 15.2 Å². The van der Waals surface area contributed by atoms with Crippen molar-refractivity contribution in [3.8, 4) is 5.75 Å². The van der Waals surface area contributed by atoms with Gasteiger partial charge < -0.3 is 20.5 Å². The number of benzene rings is 2. The highest BCUT2D eigenvalue weighted by Gasteiger charge is 2.23. The van der Waals surface area contributed by atoms with Crippen LogP contribution in [0.2, 0.25) is 0 Å². The molecule has 0 saturated heterocycles. The van der Waals surface area contributed by atoms with Gasteiger partial charge in [0.05, 0.1) is 0 Å². The highest BCUT2D eigenvalue weighted by Crippen LogP contribution is 2.13. The van der Waals surface area contributed by atoms with Crippen LogP contribution in [-0.2, 0) is 16.1 Å². The zero-order chi connectivity index (χ0) is 19.8. The Labute approximate surface area is 155 Å². The summed E-state index contributed by atoms with van der Waals surface area (Å²) in [5, 5.41) is 2.48. The van der Waals surface area contributed by atoms with Crippen molar-refractivity contribution in [3.05, 3.63) is 65.0 Å². The number of nitrogens with one attached hydrogen (secondary N) is 1. The van der Waals surface area contributed by atoms with Crippen LogP contribution in [0.3, 0.4) is 0 Å². The Morgan fingerprint density at radius 1 is 1.26 bits per heavy atom. The van der Waals surface area contributed by atoms with E-state index in [2.05, 4.69) is 5.32 Å². The van der Waals surface area contributed by atoms with Crippen LogP contribution in [0.5, 0.6) is 5.75 Å². The maximum absolute atomic E-state index is 13.8. The molecule has 0 aromatic heterocycles. The number of aldehydes is 1. The van der Waals surface area contributed by atoms with Gasteiger partial charge in [-0.05, 0) is 30.7 Å². The van der Waals surface area contributed by atoms with Gasteiger partial charge in [0.15, 0.2) is 0 Å². The van der Waals surface area contributed by atoms with Crippen molar-refractivity contribution in [2.24, 2.45) is 5.73 Å². The molecule has 0 unspecified atom stereocenters. The fourth-order valence-corrected chi connectivity index (χ4v) is 2.24. The molecule has 8 heteroatoms. The summed E-state index contributed by atoms with van der Waals surface area (Å²) in [7, 11) is 0. The number of hydrogen-bond acceptors (Lipinski definition) is 5. The molecule has 2 amide bonds. The number of rotatable bonds is 8. The zero-order valence-corrected chi connectivity index (χ0v) is 14.6. The Morgan fingerprint density at radius 2 is 2.04 bits per heavy atom. The lowest BCUT2D eigenvalue weighted by Gasteiger charge is -2.17. The molecule has 0 radical (unpaired) electrons. The Hall–Kier alpha value is -3.42. The molecule has 0 aliphatic heterocycles. The number of nitrogens with two attached hydrogens (primary N) is 1. The SMILES string of the molecule is Cc1ccc(CNC(=O)[C@H](COc2cccc(C=O)c2)OC(N)=O)c(F)c1. The molecule has 0 heterocycles. The summed E-state index contributed by atoms with van der Waals surface area (Å²) in [5.41, 5.74) is 6.42. The first-order valence-corrected chi connectivity index (χ1v) is 8.06. The quantitative estimate of drug-likeness (QED) is 0.688. The third kappa shape index (κ3) is 6.10. The zero-order valence-electron chi connectivity index (χ0n) is 14.6. The minimum atomic E-state index is -1.34. The first kappa shape index (κ1) is 19.9. The normalized spacial score (nSPS) is 11.3. The van der Waals surface area contributed by atoms with E-state index in [-0.39, 0.29) is 18.7 Å². The van der Waals surface area contributed by atoms with Crippen molar-refractivity contribution < 1.29 is 28.2 Å². The van der Waals surface area contributed by atoms with Crippen molar-refractivity contribution in [2.45, 2.75) is 19.6 Å². The fourth-order valence-electron chi connectivity index (χ4n) is 2.24. The maximum Gasteiger partial charge on any atom is 0.405 e. The summed E-state index contributed by atoms with van der Waals surface area (Å²) in [5.74, 6) is -0.833. The third-order valence-electron chi connectivity index (χ3n) is 3.61. The third-order valence-corrected chi connectivity index (χ3v) is 3.61. The Morgan fingerprint density at radius 3 is 2.70 bits per heavy atom. The monoisotopic (exact) mass is 374 g/mol. The largest absolute Gasteiger partial charge is 0.489 e. The molecule has 0 saturated carbocycles. The minimum Gasteiger partial charge on any atom is -0.489 e. The number of primary amides is 1. The lowest BCUT2D eigenvalue weighted by Crippen LogP contribution is -2.42. The van der Waals surface area contributed by atoms with Crippen molar-refractivity contribution in [2.75, 3.05) is 6.61 Å². The predicted molar refractivity (Wildman–Crippen MR) is 94.8 cm³/mol. The van der Waals surface area contributed by atoms with E-state index >= 15 is 0 Å². The van der Waals surface area contributed by atoms with E-state index in [0.29, 0.717) is 17.6 Å². The highest BCUT2D eigenvalue weighted by molar-refractivity contribution is 5.83. The molecule has 2 aromatic carbocycles. The number of carbonyl (C=O) groups is 3. The first-order valence-electron chi connectivity index (χ1n) is 8.06. The van der Waals surface area contributed by atoms with Crippen LogP contribution in [0.4, 0.5) is 9.18 Å². The second kappa shape index (κ2) is 9.33. The number of amides is 2. The molecule has 142 valence electrons. The minimum absolute atomic E-state index is 0.0931. The van der Waals surface area contributed by atoms with Crippen LogP contribution in [0, 0.1) is 12.7 Å². The molecule has 0 spiro atoms. The van der Waals surface area contributed by atoms with Gasteiger partial charge in [0.25, 0.3) is 5.91 Å². The van der Waals surface area contributed by atoms with Crippen molar-refractivity contribution in [1.82, 2.24) is 5.32 Å². The second-order valence-electron chi connectivity index (χ2n) is 5.74. The van der Waals surface area contributed by atoms with E-state index in [1.165, 1.54) is 12.1 Å². The van der Waals surface area contributed by atoms with Gasteiger partial charge in [0.1, 0.15) is 24.5 Å². The van der Waals surface area contributed by atoms with Gasteiger partial charge in [-0.2, -0.15) is 0 Å². The Balaban J connectivity index is 1.99. The summed E-state index contributed by atoms with van der Waals surface area (Å²) in [6.45, 7) is 1.33. The number of aryl methyl sites for hydroxylation is 1. The standard InChI is InChI=1S/C19H19FN2O5/c1-12-5-6-14(16(20)7-12)9-22-18(24)17(27-19(21)25)11-26-15-4-2-3-13(8-15)10-23/h2-8,10,17H,9,11H2,1H3,(H2,21,25)(H,22,24)/t17-/m0/s1. The molecule has 2 rings (SSSR count). The average molecular weight is 374 g/mol. The molecule has 2 aromatic rings. The molecular weight excluding hydrogens is 355 g/mol. The number of halogens is 1. The van der Waals surface area contributed by atoms with Crippen molar-refractivity contribution in [3.63, 3.8) is 0 Å². The van der Waals surface area contributed by atoms with Gasteiger partial charge >= 0.3 is 6.09 Å². The van der Waals surface area contributed by atoms with Gasteiger partial charge in [0, 0.05) is 17.7 Å². The van der Waals surface area contributed by atoms with Gasteiger partial charge in [-0.15, -0.1) is 0 Å². The fraction of sp³-hybridized carbons (Fsp3) is 0.211. The van der Waals surface area contributed by atoms with Gasteiger partial charge in [0.2, 0.25) is 6.10 Å². The number of ether oxygens (including phenoxy) is 2. The average Bonchev–Trinajstić information content (AvgIpc) is 2.64. The summed E-state index contributed by atoms with van der Waals surface area (Å²) in [6, 6.07) is 10.8. The number of hydrogen-bond donors (Lipinski definition) is 2. The van der Waals surface area contributed by atoms with Crippen LogP contribution in [0.1, 0.15) is 21.5 Å². The van der Waals surface area contributed by atoms with Gasteiger partial charge in [-0.1, -0.05) is 24.3 Å². The van der Waals surface area contributed by atoms with Crippen LogP contribution in [-0.4, -0.2) is 31.0 Å². The molecule has 1 atom stereocenters.